The van der Waals surface area contributed by atoms with E-state index < -0.39 is 11.5 Å². The van der Waals surface area contributed by atoms with Crippen LogP contribution in [-0.4, -0.2) is 71.0 Å². The summed E-state index contributed by atoms with van der Waals surface area (Å²) in [7, 11) is 0. The first kappa shape index (κ1) is 27.2. The van der Waals surface area contributed by atoms with Crippen molar-refractivity contribution in [2.75, 3.05) is 11.9 Å². The number of fused-ring (bicyclic) bond motifs is 2. The fourth-order valence-electron chi connectivity index (χ4n) is 5.76. The Kier molecular flexibility index (Phi) is 6.69. The van der Waals surface area contributed by atoms with Crippen LogP contribution < -0.4 is 5.32 Å². The number of aliphatic hydroxyl groups is 1. The summed E-state index contributed by atoms with van der Waals surface area (Å²) in [4.78, 5) is 54.2. The van der Waals surface area contributed by atoms with E-state index in [2.05, 4.69) is 41.3 Å². The monoisotopic (exact) mass is 617 g/mol. The fourth-order valence-corrected chi connectivity index (χ4v) is 6.07. The zero-order valence-electron chi connectivity index (χ0n) is 22.8. The molecule has 2 N–H and O–H groups in total. The van der Waals surface area contributed by atoms with Gasteiger partial charge in [0.1, 0.15) is 34.5 Å². The number of pyridine rings is 1. The number of halogens is 1. The topological polar surface area (TPSA) is 143 Å². The van der Waals surface area contributed by atoms with E-state index >= 15 is 0 Å². The van der Waals surface area contributed by atoms with Crippen molar-refractivity contribution in [3.8, 4) is 11.1 Å². The number of piperidine rings is 1. The Labute approximate surface area is 244 Å². The second-order valence-electron chi connectivity index (χ2n) is 10.9. The molecular formula is C29H28BrN7O4. The molecule has 1 saturated heterocycles. The van der Waals surface area contributed by atoms with E-state index in [1.807, 2.05) is 31.2 Å². The van der Waals surface area contributed by atoms with Gasteiger partial charge in [0, 0.05) is 41.7 Å². The molecule has 12 heteroatoms. The molecule has 2 fully saturated rings. The van der Waals surface area contributed by atoms with Crippen LogP contribution in [0.1, 0.15) is 41.6 Å². The number of hydrogen-bond acceptors (Lipinski definition) is 8. The van der Waals surface area contributed by atoms with Gasteiger partial charge in [-0.05, 0) is 71.9 Å². The zero-order chi connectivity index (χ0) is 29.1. The fraction of sp³-hybridized carbons (Fsp3) is 0.345. The second-order valence-corrected chi connectivity index (χ2v) is 11.7. The van der Waals surface area contributed by atoms with E-state index in [0.29, 0.717) is 40.0 Å². The first-order valence-electron chi connectivity index (χ1n) is 13.3. The molecule has 1 aliphatic heterocycles. The summed E-state index contributed by atoms with van der Waals surface area (Å²) < 4.78 is 2.09. The summed E-state index contributed by atoms with van der Waals surface area (Å²) in [6.45, 7) is 4.82. The molecule has 0 spiro atoms. The molecule has 0 radical (unpaired) electrons. The van der Waals surface area contributed by atoms with E-state index in [1.54, 1.807) is 30.3 Å². The average Bonchev–Trinajstić information content (AvgIpc) is 3.38. The van der Waals surface area contributed by atoms with Gasteiger partial charge in [0.25, 0.3) is 0 Å². The summed E-state index contributed by atoms with van der Waals surface area (Å²) in [5.74, 6) is 0.178. The normalized spacial score (nSPS) is 21.1. The number of nitrogens with zero attached hydrogens (tertiary/aromatic N) is 6. The number of hydrogen-bond donors (Lipinski definition) is 2. The number of anilines is 1. The number of nitrogens with one attached hydrogen (secondary N) is 1. The highest BCUT2D eigenvalue weighted by Crippen LogP contribution is 2.59. The van der Waals surface area contributed by atoms with Crippen LogP contribution in [0.2, 0.25) is 0 Å². The number of carbonyl (C=O) groups excluding carboxylic acids is 3. The van der Waals surface area contributed by atoms with Gasteiger partial charge in [0.15, 0.2) is 5.78 Å². The summed E-state index contributed by atoms with van der Waals surface area (Å²) in [5.41, 5.74) is 2.80. The van der Waals surface area contributed by atoms with Gasteiger partial charge in [-0.1, -0.05) is 12.1 Å². The molecule has 3 aromatic heterocycles. The van der Waals surface area contributed by atoms with Crippen LogP contribution >= 0.6 is 15.9 Å². The molecule has 0 bridgehead atoms. The highest BCUT2D eigenvalue weighted by atomic mass is 79.9. The van der Waals surface area contributed by atoms with Gasteiger partial charge in [0.2, 0.25) is 11.8 Å². The van der Waals surface area contributed by atoms with Crippen molar-refractivity contribution in [2.45, 2.75) is 52.2 Å². The third-order valence-corrected chi connectivity index (χ3v) is 8.55. The summed E-state index contributed by atoms with van der Waals surface area (Å²) >= 11 is 3.33. The summed E-state index contributed by atoms with van der Waals surface area (Å²) in [5, 5.41) is 18.1. The molecule has 4 aromatic rings. The van der Waals surface area contributed by atoms with Gasteiger partial charge in [-0.15, -0.1) is 0 Å². The number of aromatic nitrogens is 5. The zero-order valence-corrected chi connectivity index (χ0v) is 24.3. The number of amides is 2. The summed E-state index contributed by atoms with van der Waals surface area (Å²) in [6.07, 6.45) is 4.43. The highest BCUT2D eigenvalue weighted by Gasteiger charge is 2.66. The molecule has 1 aromatic carbocycles. The Balaban J connectivity index is 1.30. The molecule has 1 saturated carbocycles. The average molecular weight is 618 g/mol. The van der Waals surface area contributed by atoms with Crippen LogP contribution in [0.4, 0.5) is 5.82 Å². The number of aliphatic hydroxyl groups excluding tert-OH is 1. The lowest BCUT2D eigenvalue weighted by Gasteiger charge is -2.27. The first-order chi connectivity index (χ1) is 19.6. The van der Waals surface area contributed by atoms with Gasteiger partial charge < -0.3 is 15.3 Å². The van der Waals surface area contributed by atoms with Crippen LogP contribution in [0.25, 0.3) is 22.0 Å². The molecule has 2 aliphatic rings. The molecule has 41 heavy (non-hydrogen) atoms. The Morgan fingerprint density at radius 3 is 2.56 bits per heavy atom. The molecule has 6 rings (SSSR count). The smallest absolute Gasteiger partial charge is 0.248 e. The lowest BCUT2D eigenvalue weighted by atomic mass is 10.0. The van der Waals surface area contributed by atoms with Crippen molar-refractivity contribution >= 4 is 50.2 Å². The van der Waals surface area contributed by atoms with Crippen molar-refractivity contribution in [2.24, 2.45) is 5.41 Å². The number of likely N-dealkylation sites (tertiary alicyclic amines) is 1. The quantitative estimate of drug-likeness (QED) is 0.237. The van der Waals surface area contributed by atoms with E-state index in [4.69, 9.17) is 0 Å². The number of Topliss-reactive ketones (excluding diaryl/α,β-unsaturated/α-hetero) is 1. The molecule has 210 valence electrons. The second kappa shape index (κ2) is 10.1. The van der Waals surface area contributed by atoms with Crippen molar-refractivity contribution < 1.29 is 19.5 Å². The number of benzene rings is 1. The first-order valence-corrected chi connectivity index (χ1v) is 14.1. The maximum absolute atomic E-state index is 13.8. The Morgan fingerprint density at radius 1 is 1.10 bits per heavy atom. The SMILES string of the molecule is CC(=O)c1nn(CC(=O)N2[C@H](C(=O)Nc3nc(Br)ccc3C)C[C@@]3(CO)C[C@@H]23)c2ccc(-c3cnc(C)nc3)cc12. The van der Waals surface area contributed by atoms with E-state index in [-0.39, 0.29) is 42.5 Å². The minimum atomic E-state index is -0.768. The van der Waals surface area contributed by atoms with E-state index in [1.165, 1.54) is 11.6 Å². The van der Waals surface area contributed by atoms with Crippen molar-refractivity contribution in [3.63, 3.8) is 0 Å². The molecule has 0 unspecified atom stereocenters. The van der Waals surface area contributed by atoms with Gasteiger partial charge >= 0.3 is 0 Å². The number of aryl methyl sites for hydroxylation is 2. The van der Waals surface area contributed by atoms with E-state index in [0.717, 1.165) is 16.7 Å². The Bertz CT molecular complexity index is 1720. The minimum absolute atomic E-state index is 0.107. The molecule has 1 aliphatic carbocycles. The third kappa shape index (κ3) is 4.80. The Morgan fingerprint density at radius 2 is 1.85 bits per heavy atom. The number of ketones is 1. The van der Waals surface area contributed by atoms with Crippen molar-refractivity contribution in [3.05, 3.63) is 64.4 Å². The predicted molar refractivity (Wildman–Crippen MR) is 154 cm³/mol. The van der Waals surface area contributed by atoms with Crippen molar-refractivity contribution in [1.82, 2.24) is 29.6 Å². The summed E-state index contributed by atoms with van der Waals surface area (Å²) in [6, 6.07) is 8.16. The molecule has 11 nitrogen and oxygen atoms in total. The highest BCUT2D eigenvalue weighted by molar-refractivity contribution is 9.10. The standard InChI is InChI=1S/C29H28BrN7O4/c1-15-4-7-24(30)33-27(15)34-28(41)22-9-29(14-38)10-23(29)37(22)25(40)13-36-21-6-5-18(19-11-31-17(3)32-12-19)8-20(21)26(35-36)16(2)39/h4-8,11-12,22-23,38H,9-10,13-14H2,1-3H3,(H,33,34,41)/t22-,23+,29-/m0/s1. The van der Waals surface area contributed by atoms with Gasteiger partial charge in [-0.2, -0.15) is 5.10 Å². The number of carbonyl (C=O) groups is 3. The maximum atomic E-state index is 13.8. The lowest BCUT2D eigenvalue weighted by Crippen LogP contribution is -2.47. The largest absolute Gasteiger partial charge is 0.396 e. The van der Waals surface area contributed by atoms with Crippen LogP contribution in [0, 0.1) is 19.3 Å². The van der Waals surface area contributed by atoms with Crippen molar-refractivity contribution in [1.29, 1.82) is 0 Å². The predicted octanol–water partition coefficient (Wildman–Crippen LogP) is 3.46. The minimum Gasteiger partial charge on any atom is -0.396 e. The lowest BCUT2D eigenvalue weighted by molar-refractivity contribution is -0.138. The molecule has 3 atom stereocenters. The van der Waals surface area contributed by atoms with Crippen LogP contribution in [0.5, 0.6) is 0 Å². The molecule has 4 heterocycles. The van der Waals surface area contributed by atoms with Crippen LogP contribution in [-0.2, 0) is 16.1 Å². The van der Waals surface area contributed by atoms with Crippen LogP contribution in [0.3, 0.4) is 0 Å². The molecular weight excluding hydrogens is 590 g/mol. The Hall–Kier alpha value is -4.03. The number of rotatable bonds is 7. The third-order valence-electron chi connectivity index (χ3n) is 8.11. The van der Waals surface area contributed by atoms with Gasteiger partial charge in [-0.3, -0.25) is 19.1 Å². The van der Waals surface area contributed by atoms with E-state index in [9.17, 15) is 19.5 Å². The molecule has 2 amide bonds. The van der Waals surface area contributed by atoms with Crippen LogP contribution in [0.15, 0.2) is 47.3 Å². The van der Waals surface area contributed by atoms with Gasteiger partial charge in [0.05, 0.1) is 12.1 Å². The maximum Gasteiger partial charge on any atom is 0.248 e. The van der Waals surface area contributed by atoms with Gasteiger partial charge in [-0.25, -0.2) is 15.0 Å².